The molecule has 90 valence electrons. The summed E-state index contributed by atoms with van der Waals surface area (Å²) in [6.07, 6.45) is -4.21. The average Bonchev–Trinajstić information content (AvgIpc) is 2.71. The average molecular weight is 259 g/mol. The fourth-order valence-electron chi connectivity index (χ4n) is 1.39. The summed E-state index contributed by atoms with van der Waals surface area (Å²) in [6.45, 7) is 0. The molecule has 0 aliphatic carbocycles. The Bertz CT molecular complexity index is 508. The quantitative estimate of drug-likeness (QED) is 0.902. The third kappa shape index (κ3) is 2.94. The van der Waals surface area contributed by atoms with E-state index in [0.717, 1.165) is 6.20 Å². The molecule has 0 fully saturated rings. The standard InChI is InChI=1S/C10H8F3N3S/c11-10(12,13)4-6-5-15-9(14)16-8(6)7-2-1-3-17-7/h1-3,5H,4H2,(H2,14,15,16). The number of hydrogen-bond acceptors (Lipinski definition) is 4. The zero-order valence-corrected chi connectivity index (χ0v) is 9.35. The zero-order chi connectivity index (χ0) is 12.5. The molecule has 0 amide bonds. The van der Waals surface area contributed by atoms with Crippen LogP contribution in [0, 0.1) is 0 Å². The van der Waals surface area contributed by atoms with Crippen LogP contribution in [0.2, 0.25) is 0 Å². The molecule has 0 atom stereocenters. The van der Waals surface area contributed by atoms with Crippen molar-refractivity contribution in [3.05, 3.63) is 29.3 Å². The molecule has 0 radical (unpaired) electrons. The number of halogens is 3. The summed E-state index contributed by atoms with van der Waals surface area (Å²) in [4.78, 5) is 8.13. The van der Waals surface area contributed by atoms with Crippen molar-refractivity contribution in [2.45, 2.75) is 12.6 Å². The second kappa shape index (κ2) is 4.33. The smallest absolute Gasteiger partial charge is 0.368 e. The minimum absolute atomic E-state index is 0.0284. The van der Waals surface area contributed by atoms with Gasteiger partial charge in [0.2, 0.25) is 5.95 Å². The van der Waals surface area contributed by atoms with E-state index < -0.39 is 12.6 Å². The predicted octanol–water partition coefficient (Wildman–Crippen LogP) is 2.89. The van der Waals surface area contributed by atoms with Crippen LogP contribution in [0.3, 0.4) is 0 Å². The summed E-state index contributed by atoms with van der Waals surface area (Å²) in [7, 11) is 0. The molecule has 7 heteroatoms. The number of nitrogen functional groups attached to an aromatic ring is 1. The van der Waals surface area contributed by atoms with E-state index in [1.807, 2.05) is 0 Å². The molecule has 2 heterocycles. The van der Waals surface area contributed by atoms with Crippen LogP contribution in [0.5, 0.6) is 0 Å². The van der Waals surface area contributed by atoms with Gasteiger partial charge in [0, 0.05) is 11.8 Å². The van der Waals surface area contributed by atoms with Crippen LogP contribution in [0.1, 0.15) is 5.56 Å². The zero-order valence-electron chi connectivity index (χ0n) is 8.53. The van der Waals surface area contributed by atoms with E-state index in [2.05, 4.69) is 9.97 Å². The lowest BCUT2D eigenvalue weighted by molar-refractivity contribution is -0.127. The van der Waals surface area contributed by atoms with Gasteiger partial charge in [-0.2, -0.15) is 13.2 Å². The fraction of sp³-hybridized carbons (Fsp3) is 0.200. The summed E-state index contributed by atoms with van der Waals surface area (Å²) in [5, 5.41) is 1.77. The minimum Gasteiger partial charge on any atom is -0.368 e. The topological polar surface area (TPSA) is 51.8 Å². The monoisotopic (exact) mass is 259 g/mol. The molecule has 0 saturated carbocycles. The molecule has 17 heavy (non-hydrogen) atoms. The van der Waals surface area contributed by atoms with E-state index in [0.29, 0.717) is 4.88 Å². The van der Waals surface area contributed by atoms with Crippen LogP contribution in [0.4, 0.5) is 19.1 Å². The van der Waals surface area contributed by atoms with Gasteiger partial charge in [-0.25, -0.2) is 9.97 Å². The molecule has 0 unspecified atom stereocenters. The lowest BCUT2D eigenvalue weighted by Gasteiger charge is -2.09. The molecule has 0 saturated heterocycles. The number of anilines is 1. The summed E-state index contributed by atoms with van der Waals surface area (Å²) in [5.74, 6) is -0.0284. The lowest BCUT2D eigenvalue weighted by Crippen LogP contribution is -2.13. The lowest BCUT2D eigenvalue weighted by atomic mass is 10.1. The van der Waals surface area contributed by atoms with E-state index in [9.17, 15) is 13.2 Å². The normalized spacial score (nSPS) is 11.7. The van der Waals surface area contributed by atoms with Gasteiger partial charge in [0.05, 0.1) is 17.0 Å². The van der Waals surface area contributed by atoms with E-state index >= 15 is 0 Å². The van der Waals surface area contributed by atoms with Gasteiger partial charge in [-0.1, -0.05) is 6.07 Å². The summed E-state index contributed by atoms with van der Waals surface area (Å²) in [5.41, 5.74) is 5.69. The molecule has 0 aliphatic heterocycles. The van der Waals surface area contributed by atoms with Crippen molar-refractivity contribution in [2.75, 3.05) is 5.73 Å². The molecular formula is C10H8F3N3S. The number of nitrogens with zero attached hydrogens (tertiary/aromatic N) is 2. The first-order valence-corrected chi connectivity index (χ1v) is 5.56. The molecule has 0 aliphatic rings. The number of nitrogens with two attached hydrogens (primary N) is 1. The van der Waals surface area contributed by atoms with Gasteiger partial charge in [-0.15, -0.1) is 11.3 Å². The Morgan fingerprint density at radius 2 is 2.12 bits per heavy atom. The summed E-state index contributed by atoms with van der Waals surface area (Å²) < 4.78 is 37.1. The van der Waals surface area contributed by atoms with Crippen LogP contribution in [-0.4, -0.2) is 16.1 Å². The SMILES string of the molecule is Nc1ncc(CC(F)(F)F)c(-c2cccs2)n1. The first kappa shape index (κ1) is 11.8. The van der Waals surface area contributed by atoms with Crippen molar-refractivity contribution in [1.29, 1.82) is 0 Å². The predicted molar refractivity (Wildman–Crippen MR) is 59.5 cm³/mol. The van der Waals surface area contributed by atoms with Gasteiger partial charge in [0.25, 0.3) is 0 Å². The molecule has 0 spiro atoms. The Balaban J connectivity index is 2.45. The highest BCUT2D eigenvalue weighted by Gasteiger charge is 2.30. The van der Waals surface area contributed by atoms with Crippen LogP contribution >= 0.6 is 11.3 Å². The van der Waals surface area contributed by atoms with Gasteiger partial charge in [0.1, 0.15) is 0 Å². The molecule has 0 aromatic carbocycles. The third-order valence-corrected chi connectivity index (χ3v) is 2.91. The number of aromatic nitrogens is 2. The highest BCUT2D eigenvalue weighted by Crippen LogP contribution is 2.30. The van der Waals surface area contributed by atoms with Gasteiger partial charge < -0.3 is 5.73 Å². The van der Waals surface area contributed by atoms with Gasteiger partial charge >= 0.3 is 6.18 Å². The second-order valence-corrected chi connectivity index (χ2v) is 4.32. The highest BCUT2D eigenvalue weighted by molar-refractivity contribution is 7.13. The Morgan fingerprint density at radius 3 is 2.71 bits per heavy atom. The summed E-state index contributed by atoms with van der Waals surface area (Å²) in [6, 6.07) is 3.45. The molecule has 2 aromatic rings. The number of thiophene rings is 1. The number of hydrogen-bond donors (Lipinski definition) is 1. The molecule has 2 aromatic heterocycles. The van der Waals surface area contributed by atoms with E-state index in [-0.39, 0.29) is 17.2 Å². The molecule has 0 bridgehead atoms. The largest absolute Gasteiger partial charge is 0.393 e. The van der Waals surface area contributed by atoms with Crippen molar-refractivity contribution < 1.29 is 13.2 Å². The van der Waals surface area contributed by atoms with Crippen molar-refractivity contribution in [3.8, 4) is 10.6 Å². The molecular weight excluding hydrogens is 251 g/mol. The van der Waals surface area contributed by atoms with E-state index in [1.54, 1.807) is 17.5 Å². The van der Waals surface area contributed by atoms with Crippen molar-refractivity contribution in [1.82, 2.24) is 9.97 Å². The highest BCUT2D eigenvalue weighted by atomic mass is 32.1. The maximum atomic E-state index is 12.4. The molecule has 2 rings (SSSR count). The second-order valence-electron chi connectivity index (χ2n) is 3.37. The van der Waals surface area contributed by atoms with Crippen molar-refractivity contribution in [2.24, 2.45) is 0 Å². The van der Waals surface area contributed by atoms with Crippen LogP contribution < -0.4 is 5.73 Å². The van der Waals surface area contributed by atoms with Gasteiger partial charge in [0.15, 0.2) is 0 Å². The van der Waals surface area contributed by atoms with Gasteiger partial charge in [-0.05, 0) is 11.4 Å². The third-order valence-electron chi connectivity index (χ3n) is 2.03. The van der Waals surface area contributed by atoms with Crippen LogP contribution in [0.25, 0.3) is 10.6 Å². The van der Waals surface area contributed by atoms with Crippen molar-refractivity contribution in [3.63, 3.8) is 0 Å². The minimum atomic E-state index is -4.29. The Hall–Kier alpha value is -1.63. The van der Waals surface area contributed by atoms with Crippen molar-refractivity contribution >= 4 is 17.3 Å². The van der Waals surface area contributed by atoms with E-state index in [1.165, 1.54) is 11.3 Å². The first-order valence-electron chi connectivity index (χ1n) is 4.68. The fourth-order valence-corrected chi connectivity index (χ4v) is 2.14. The molecule has 2 N–H and O–H groups in total. The Kier molecular flexibility index (Phi) is 3.01. The van der Waals surface area contributed by atoms with Crippen LogP contribution in [0.15, 0.2) is 23.7 Å². The molecule has 3 nitrogen and oxygen atoms in total. The van der Waals surface area contributed by atoms with E-state index in [4.69, 9.17) is 5.73 Å². The summed E-state index contributed by atoms with van der Waals surface area (Å²) >= 11 is 1.31. The first-order chi connectivity index (χ1) is 7.96. The maximum Gasteiger partial charge on any atom is 0.393 e. The van der Waals surface area contributed by atoms with Gasteiger partial charge in [-0.3, -0.25) is 0 Å². The Labute approximate surface area is 99.1 Å². The number of alkyl halides is 3. The number of rotatable bonds is 2. The van der Waals surface area contributed by atoms with Crippen LogP contribution in [-0.2, 0) is 6.42 Å². The Morgan fingerprint density at radius 1 is 1.35 bits per heavy atom. The maximum absolute atomic E-state index is 12.4.